The van der Waals surface area contributed by atoms with Crippen molar-refractivity contribution < 1.29 is 12.8 Å². The fraction of sp³-hybridized carbons (Fsp3) is 0.667. The molecular weight excluding hydrogens is 270 g/mol. The molecule has 0 bridgehead atoms. The van der Waals surface area contributed by atoms with Crippen molar-refractivity contribution in [2.75, 3.05) is 17.8 Å². The molecule has 102 valence electrons. The highest BCUT2D eigenvalue weighted by Crippen LogP contribution is 2.15. The summed E-state index contributed by atoms with van der Waals surface area (Å²) in [4.78, 5) is 0. The van der Waals surface area contributed by atoms with Crippen LogP contribution < -0.4 is 5.32 Å². The normalized spacial score (nSPS) is 20.1. The lowest BCUT2D eigenvalue weighted by Crippen LogP contribution is -2.37. The number of thioether (sulfide) groups is 1. The topological polar surface area (TPSA) is 59.3 Å². The second kappa shape index (κ2) is 6.12. The van der Waals surface area contributed by atoms with Gasteiger partial charge in [0, 0.05) is 6.04 Å². The van der Waals surface area contributed by atoms with E-state index in [1.807, 2.05) is 18.4 Å². The van der Waals surface area contributed by atoms with Crippen LogP contribution >= 0.6 is 11.8 Å². The standard InChI is InChI=1S/C12H19NO3S2/c1-17-9-12-3-2-11(16-12)8-13-10-4-6-18(14,15)7-5-10/h2-3,10,13H,4-9H2,1H3. The molecule has 0 unspecified atom stereocenters. The van der Waals surface area contributed by atoms with E-state index in [1.54, 1.807) is 11.8 Å². The summed E-state index contributed by atoms with van der Waals surface area (Å²) in [6.07, 6.45) is 3.46. The van der Waals surface area contributed by atoms with Crippen molar-refractivity contribution in [3.8, 4) is 0 Å². The van der Waals surface area contributed by atoms with Crippen molar-refractivity contribution in [1.29, 1.82) is 0 Å². The van der Waals surface area contributed by atoms with Gasteiger partial charge in [0.1, 0.15) is 21.4 Å². The first-order valence-corrected chi connectivity index (χ1v) is 9.31. The summed E-state index contributed by atoms with van der Waals surface area (Å²) in [6.45, 7) is 0.680. The lowest BCUT2D eigenvalue weighted by molar-refractivity contribution is 0.412. The van der Waals surface area contributed by atoms with Gasteiger partial charge < -0.3 is 9.73 Å². The van der Waals surface area contributed by atoms with Crippen LogP contribution in [0, 0.1) is 0 Å². The Morgan fingerprint density at radius 3 is 2.67 bits per heavy atom. The zero-order valence-corrected chi connectivity index (χ0v) is 12.1. The molecule has 1 fully saturated rings. The van der Waals surface area contributed by atoms with Gasteiger partial charge in [0.15, 0.2) is 0 Å². The minimum absolute atomic E-state index is 0.294. The summed E-state index contributed by atoms with van der Waals surface area (Å²) in [5.41, 5.74) is 0. The number of rotatable bonds is 5. The van der Waals surface area contributed by atoms with Crippen molar-refractivity contribution >= 4 is 21.6 Å². The Bertz CT molecular complexity index is 467. The second-order valence-electron chi connectivity index (χ2n) is 4.61. The lowest BCUT2D eigenvalue weighted by atomic mass is 10.1. The molecule has 0 aliphatic carbocycles. The molecule has 18 heavy (non-hydrogen) atoms. The van der Waals surface area contributed by atoms with Crippen LogP contribution in [0.25, 0.3) is 0 Å². The van der Waals surface area contributed by atoms with Gasteiger partial charge in [0.25, 0.3) is 0 Å². The van der Waals surface area contributed by atoms with Crippen LogP contribution in [0.3, 0.4) is 0 Å². The predicted molar refractivity (Wildman–Crippen MR) is 74.4 cm³/mol. The molecule has 0 amide bonds. The van der Waals surface area contributed by atoms with Crippen LogP contribution in [0.5, 0.6) is 0 Å². The Labute approximate surface area is 112 Å². The first-order valence-electron chi connectivity index (χ1n) is 6.09. The number of furan rings is 1. The van der Waals surface area contributed by atoms with Crippen molar-refractivity contribution in [1.82, 2.24) is 5.32 Å². The molecule has 2 heterocycles. The van der Waals surface area contributed by atoms with Crippen molar-refractivity contribution in [3.05, 3.63) is 23.7 Å². The van der Waals surface area contributed by atoms with E-state index in [9.17, 15) is 8.42 Å². The number of sulfone groups is 1. The van der Waals surface area contributed by atoms with E-state index in [0.29, 0.717) is 36.9 Å². The number of nitrogens with one attached hydrogen (secondary N) is 1. The molecule has 1 aromatic heterocycles. The van der Waals surface area contributed by atoms with Crippen LogP contribution in [0.2, 0.25) is 0 Å². The maximum Gasteiger partial charge on any atom is 0.150 e. The summed E-state index contributed by atoms with van der Waals surface area (Å²) in [7, 11) is -2.77. The first kappa shape index (κ1) is 14.0. The molecule has 0 spiro atoms. The van der Waals surface area contributed by atoms with Crippen molar-refractivity contribution in [3.63, 3.8) is 0 Å². The van der Waals surface area contributed by atoms with Gasteiger partial charge in [-0.25, -0.2) is 8.42 Å². The highest BCUT2D eigenvalue weighted by Gasteiger charge is 2.23. The van der Waals surface area contributed by atoms with E-state index < -0.39 is 9.84 Å². The van der Waals surface area contributed by atoms with Crippen molar-refractivity contribution in [2.45, 2.75) is 31.2 Å². The molecule has 0 radical (unpaired) electrons. The van der Waals surface area contributed by atoms with E-state index in [1.165, 1.54) is 0 Å². The summed E-state index contributed by atoms with van der Waals surface area (Å²) in [5.74, 6) is 3.42. The molecule has 0 aromatic carbocycles. The van der Waals surface area contributed by atoms with Crippen LogP contribution in [-0.4, -0.2) is 32.2 Å². The van der Waals surface area contributed by atoms with Gasteiger partial charge >= 0.3 is 0 Å². The smallest absolute Gasteiger partial charge is 0.150 e. The first-order chi connectivity index (χ1) is 8.59. The SMILES string of the molecule is CSCc1ccc(CNC2CCS(=O)(=O)CC2)o1. The van der Waals surface area contributed by atoms with Gasteiger partial charge in [0.2, 0.25) is 0 Å². The zero-order chi connectivity index (χ0) is 13.0. The van der Waals surface area contributed by atoms with Crippen LogP contribution in [0.1, 0.15) is 24.4 Å². The third kappa shape index (κ3) is 4.03. The maximum absolute atomic E-state index is 11.3. The molecule has 6 heteroatoms. The molecule has 1 N–H and O–H groups in total. The van der Waals surface area contributed by atoms with Gasteiger partial charge in [0.05, 0.1) is 23.8 Å². The Morgan fingerprint density at radius 1 is 1.33 bits per heavy atom. The van der Waals surface area contributed by atoms with Gasteiger partial charge in [-0.05, 0) is 31.2 Å². The van der Waals surface area contributed by atoms with E-state index in [4.69, 9.17) is 4.42 Å². The Morgan fingerprint density at radius 2 is 2.00 bits per heavy atom. The third-order valence-corrected chi connectivity index (χ3v) is 5.41. The van der Waals surface area contributed by atoms with Gasteiger partial charge in [-0.1, -0.05) is 0 Å². The third-order valence-electron chi connectivity index (χ3n) is 3.12. The predicted octanol–water partition coefficient (Wildman–Crippen LogP) is 1.81. The monoisotopic (exact) mass is 289 g/mol. The number of hydrogen-bond donors (Lipinski definition) is 1. The molecule has 2 rings (SSSR count). The Balaban J connectivity index is 1.77. The summed E-state index contributed by atoms with van der Waals surface area (Å²) in [6, 6.07) is 4.28. The van der Waals surface area contributed by atoms with E-state index in [0.717, 1.165) is 17.3 Å². The highest BCUT2D eigenvalue weighted by atomic mass is 32.2. The average molecular weight is 289 g/mol. The Hall–Kier alpha value is -0.460. The Kier molecular flexibility index (Phi) is 4.75. The lowest BCUT2D eigenvalue weighted by Gasteiger charge is -2.22. The van der Waals surface area contributed by atoms with Gasteiger partial charge in [-0.15, -0.1) is 0 Å². The fourth-order valence-corrected chi connectivity index (χ4v) is 4.01. The van der Waals surface area contributed by atoms with Gasteiger partial charge in [-0.3, -0.25) is 0 Å². The van der Waals surface area contributed by atoms with Crippen LogP contribution in [0.4, 0.5) is 0 Å². The molecular formula is C12H19NO3S2. The van der Waals surface area contributed by atoms with E-state index in [-0.39, 0.29) is 0 Å². The molecule has 1 aliphatic rings. The minimum Gasteiger partial charge on any atom is -0.464 e. The molecule has 0 atom stereocenters. The highest BCUT2D eigenvalue weighted by molar-refractivity contribution is 7.97. The average Bonchev–Trinajstić information content (AvgIpc) is 2.76. The fourth-order valence-electron chi connectivity index (χ4n) is 2.08. The number of hydrogen-bond acceptors (Lipinski definition) is 5. The van der Waals surface area contributed by atoms with Crippen LogP contribution in [-0.2, 0) is 22.1 Å². The molecule has 4 nitrogen and oxygen atoms in total. The van der Waals surface area contributed by atoms with E-state index >= 15 is 0 Å². The molecule has 1 saturated heterocycles. The molecule has 1 aromatic rings. The summed E-state index contributed by atoms with van der Waals surface area (Å²) < 4.78 is 28.2. The van der Waals surface area contributed by atoms with Gasteiger partial charge in [-0.2, -0.15) is 11.8 Å². The van der Waals surface area contributed by atoms with E-state index in [2.05, 4.69) is 5.32 Å². The minimum atomic E-state index is -2.77. The summed E-state index contributed by atoms with van der Waals surface area (Å²) >= 11 is 1.73. The largest absolute Gasteiger partial charge is 0.464 e. The zero-order valence-electron chi connectivity index (χ0n) is 10.5. The second-order valence-corrected chi connectivity index (χ2v) is 7.78. The summed E-state index contributed by atoms with van der Waals surface area (Å²) in [5, 5.41) is 3.37. The van der Waals surface area contributed by atoms with Crippen LogP contribution in [0.15, 0.2) is 16.5 Å². The maximum atomic E-state index is 11.3. The van der Waals surface area contributed by atoms with Crippen molar-refractivity contribution in [2.24, 2.45) is 0 Å². The molecule has 1 aliphatic heterocycles. The quantitative estimate of drug-likeness (QED) is 0.896. The molecule has 0 saturated carbocycles.